The Hall–Kier alpha value is -2.58. The molecule has 32 heavy (non-hydrogen) atoms. The van der Waals surface area contributed by atoms with Crippen LogP contribution in [0.25, 0.3) is 0 Å². The summed E-state index contributed by atoms with van der Waals surface area (Å²) in [5.74, 6) is 1.64. The normalized spacial score (nSPS) is 10.8. The largest absolute Gasteiger partial charge is 0.485 e. The van der Waals surface area contributed by atoms with Gasteiger partial charge >= 0.3 is 0 Å². The predicted octanol–water partition coefficient (Wildman–Crippen LogP) is 5.77. The minimum Gasteiger partial charge on any atom is -0.485 e. The molecule has 0 bridgehead atoms. The van der Waals surface area contributed by atoms with Gasteiger partial charge in [0.1, 0.15) is 12.4 Å². The molecule has 0 radical (unpaired) electrons. The van der Waals surface area contributed by atoms with Crippen molar-refractivity contribution >= 4 is 39.3 Å². The van der Waals surface area contributed by atoms with Crippen molar-refractivity contribution in [2.45, 2.75) is 46.0 Å². The minimum atomic E-state index is -0.0961. The lowest BCUT2D eigenvalue weighted by Gasteiger charge is -2.13. The van der Waals surface area contributed by atoms with Crippen LogP contribution in [0.5, 0.6) is 5.75 Å². The number of carbonyl (C=O) groups is 1. The van der Waals surface area contributed by atoms with Crippen LogP contribution in [0.2, 0.25) is 0 Å². The van der Waals surface area contributed by atoms with Gasteiger partial charge in [-0.1, -0.05) is 45.9 Å². The SMILES string of the molecule is C=CCn1c(COc2cccc(C)c2C)nnc1SCC(=O)Nc1ccc(Br)c(C)c1C. The number of ether oxygens (including phenoxy) is 1. The number of halogens is 1. The Morgan fingerprint density at radius 2 is 1.94 bits per heavy atom. The molecule has 0 atom stereocenters. The first-order valence-corrected chi connectivity index (χ1v) is 12.0. The minimum absolute atomic E-state index is 0.0961. The van der Waals surface area contributed by atoms with Gasteiger partial charge in [0.05, 0.1) is 5.75 Å². The molecule has 8 heteroatoms. The lowest BCUT2D eigenvalue weighted by Crippen LogP contribution is -2.16. The highest BCUT2D eigenvalue weighted by atomic mass is 79.9. The van der Waals surface area contributed by atoms with E-state index in [0.717, 1.165) is 32.6 Å². The fourth-order valence-corrected chi connectivity index (χ4v) is 4.30. The molecule has 1 amide bonds. The average molecular weight is 515 g/mol. The number of rotatable bonds is 9. The molecule has 3 aromatic rings. The van der Waals surface area contributed by atoms with E-state index in [4.69, 9.17) is 4.74 Å². The highest BCUT2D eigenvalue weighted by molar-refractivity contribution is 9.10. The Balaban J connectivity index is 1.66. The van der Waals surface area contributed by atoms with Crippen molar-refractivity contribution in [3.8, 4) is 5.75 Å². The second kappa shape index (κ2) is 10.8. The van der Waals surface area contributed by atoms with Crippen LogP contribution in [-0.2, 0) is 17.9 Å². The van der Waals surface area contributed by atoms with Crippen molar-refractivity contribution in [3.05, 3.63) is 75.5 Å². The summed E-state index contributed by atoms with van der Waals surface area (Å²) in [5.41, 5.74) is 5.24. The number of hydrogen-bond donors (Lipinski definition) is 1. The van der Waals surface area contributed by atoms with Crippen LogP contribution >= 0.6 is 27.7 Å². The summed E-state index contributed by atoms with van der Waals surface area (Å²) >= 11 is 4.85. The van der Waals surface area contributed by atoms with Crippen molar-refractivity contribution in [2.24, 2.45) is 0 Å². The van der Waals surface area contributed by atoms with Crippen molar-refractivity contribution in [1.82, 2.24) is 14.8 Å². The first-order valence-electron chi connectivity index (χ1n) is 10.2. The quantitative estimate of drug-likeness (QED) is 0.290. The van der Waals surface area contributed by atoms with Crippen molar-refractivity contribution < 1.29 is 9.53 Å². The number of aromatic nitrogens is 3. The van der Waals surface area contributed by atoms with Gasteiger partial charge in [0.15, 0.2) is 11.0 Å². The smallest absolute Gasteiger partial charge is 0.234 e. The highest BCUT2D eigenvalue weighted by Gasteiger charge is 2.15. The molecule has 0 saturated carbocycles. The lowest BCUT2D eigenvalue weighted by molar-refractivity contribution is -0.113. The Labute approximate surface area is 201 Å². The zero-order valence-electron chi connectivity index (χ0n) is 18.7. The summed E-state index contributed by atoms with van der Waals surface area (Å²) in [4.78, 5) is 12.5. The van der Waals surface area contributed by atoms with Crippen LogP contribution < -0.4 is 10.1 Å². The standard InChI is InChI=1S/C24H27BrN4O2S/c1-6-12-29-22(13-31-21-9-7-8-15(2)16(21)3)27-28-24(29)32-14-23(30)26-20-11-10-19(25)17(4)18(20)5/h6-11H,1,12-14H2,2-5H3,(H,26,30). The van der Waals surface area contributed by atoms with E-state index in [1.165, 1.54) is 17.3 Å². The highest BCUT2D eigenvalue weighted by Crippen LogP contribution is 2.27. The van der Waals surface area contributed by atoms with Crippen LogP contribution in [0.3, 0.4) is 0 Å². The maximum absolute atomic E-state index is 12.5. The number of nitrogens with one attached hydrogen (secondary N) is 1. The summed E-state index contributed by atoms with van der Waals surface area (Å²) in [6.07, 6.45) is 1.78. The van der Waals surface area contributed by atoms with Gasteiger partial charge in [0.2, 0.25) is 5.91 Å². The van der Waals surface area contributed by atoms with Crippen molar-refractivity contribution in [1.29, 1.82) is 0 Å². The summed E-state index contributed by atoms with van der Waals surface area (Å²) in [5, 5.41) is 12.2. The second-order valence-corrected chi connectivity index (χ2v) is 9.26. The van der Waals surface area contributed by atoms with Crippen LogP contribution in [-0.4, -0.2) is 26.4 Å². The summed E-state index contributed by atoms with van der Waals surface area (Å²) < 4.78 is 8.94. The van der Waals surface area contributed by atoms with Gasteiger partial charge in [-0.25, -0.2) is 0 Å². The first-order chi connectivity index (χ1) is 15.3. The predicted molar refractivity (Wildman–Crippen MR) is 133 cm³/mol. The molecule has 0 aliphatic carbocycles. The molecule has 0 aliphatic heterocycles. The number of aryl methyl sites for hydroxylation is 1. The fraction of sp³-hybridized carbons (Fsp3) is 0.292. The Kier molecular flexibility index (Phi) is 8.15. The molecule has 3 rings (SSSR count). The molecule has 1 N–H and O–H groups in total. The third-order valence-corrected chi connectivity index (χ3v) is 7.17. The Morgan fingerprint density at radius 1 is 1.16 bits per heavy atom. The number of carbonyl (C=O) groups excluding carboxylic acids is 1. The summed E-state index contributed by atoms with van der Waals surface area (Å²) in [6, 6.07) is 9.81. The maximum atomic E-state index is 12.5. The van der Waals surface area contributed by atoms with Crippen LogP contribution in [0, 0.1) is 27.7 Å². The molecular weight excluding hydrogens is 488 g/mol. The third kappa shape index (κ3) is 5.61. The number of anilines is 1. The van der Waals surface area contributed by atoms with E-state index >= 15 is 0 Å². The molecule has 0 unspecified atom stereocenters. The van der Waals surface area contributed by atoms with E-state index in [1.807, 2.05) is 49.6 Å². The van der Waals surface area contributed by atoms with Gasteiger partial charge in [0.25, 0.3) is 0 Å². The van der Waals surface area contributed by atoms with E-state index in [2.05, 4.69) is 51.0 Å². The lowest BCUT2D eigenvalue weighted by atomic mass is 10.1. The molecule has 0 spiro atoms. The zero-order chi connectivity index (χ0) is 23.3. The summed E-state index contributed by atoms with van der Waals surface area (Å²) in [7, 11) is 0. The molecule has 1 aromatic heterocycles. The molecule has 168 valence electrons. The number of amides is 1. The van der Waals surface area contributed by atoms with Gasteiger partial charge in [-0.15, -0.1) is 16.8 Å². The topological polar surface area (TPSA) is 69.0 Å². The van der Waals surface area contributed by atoms with E-state index in [-0.39, 0.29) is 18.3 Å². The average Bonchev–Trinajstić information content (AvgIpc) is 3.15. The molecule has 0 fully saturated rings. The van der Waals surface area contributed by atoms with E-state index in [0.29, 0.717) is 17.5 Å². The maximum Gasteiger partial charge on any atom is 0.234 e. The number of hydrogen-bond acceptors (Lipinski definition) is 5. The van der Waals surface area contributed by atoms with E-state index in [9.17, 15) is 4.79 Å². The van der Waals surface area contributed by atoms with Crippen LogP contribution in [0.1, 0.15) is 28.1 Å². The molecule has 0 saturated heterocycles. The number of nitrogens with zero attached hydrogens (tertiary/aromatic N) is 3. The van der Waals surface area contributed by atoms with Crippen molar-refractivity contribution in [3.63, 3.8) is 0 Å². The molecular formula is C24H27BrN4O2S. The second-order valence-electron chi connectivity index (χ2n) is 7.47. The fourth-order valence-electron chi connectivity index (χ4n) is 3.11. The number of allylic oxidation sites excluding steroid dienone is 1. The monoisotopic (exact) mass is 514 g/mol. The summed E-state index contributed by atoms with van der Waals surface area (Å²) in [6.45, 7) is 12.7. The van der Waals surface area contributed by atoms with E-state index in [1.54, 1.807) is 6.08 Å². The van der Waals surface area contributed by atoms with Gasteiger partial charge in [-0.3, -0.25) is 9.36 Å². The van der Waals surface area contributed by atoms with Crippen molar-refractivity contribution in [2.75, 3.05) is 11.1 Å². The van der Waals surface area contributed by atoms with Gasteiger partial charge in [-0.2, -0.15) is 0 Å². The molecule has 1 heterocycles. The number of benzene rings is 2. The first kappa shape index (κ1) is 24.1. The number of thioether (sulfide) groups is 1. The van der Waals surface area contributed by atoms with Gasteiger partial charge in [-0.05, 0) is 68.1 Å². The van der Waals surface area contributed by atoms with Gasteiger partial charge < -0.3 is 10.1 Å². The van der Waals surface area contributed by atoms with Gasteiger partial charge in [0, 0.05) is 16.7 Å². The molecule has 0 aliphatic rings. The zero-order valence-corrected chi connectivity index (χ0v) is 21.1. The Morgan fingerprint density at radius 3 is 2.69 bits per heavy atom. The Bertz CT molecular complexity index is 1140. The van der Waals surface area contributed by atoms with E-state index < -0.39 is 0 Å². The van der Waals surface area contributed by atoms with Crippen LogP contribution in [0.15, 0.2) is 52.6 Å². The van der Waals surface area contributed by atoms with Crippen LogP contribution in [0.4, 0.5) is 5.69 Å². The molecule has 6 nitrogen and oxygen atoms in total. The molecule has 2 aromatic carbocycles. The third-order valence-electron chi connectivity index (χ3n) is 5.34.